The van der Waals surface area contributed by atoms with E-state index in [1.165, 1.54) is 0 Å². The summed E-state index contributed by atoms with van der Waals surface area (Å²) in [5.41, 5.74) is 6.72. The van der Waals surface area contributed by atoms with Crippen LogP contribution in [0.3, 0.4) is 0 Å². The van der Waals surface area contributed by atoms with Gasteiger partial charge in [-0.25, -0.2) is 0 Å². The summed E-state index contributed by atoms with van der Waals surface area (Å²) >= 11 is 0. The Morgan fingerprint density at radius 1 is 1.61 bits per heavy atom. The number of carbonyl (C=O) groups is 1. The third-order valence-corrected chi connectivity index (χ3v) is 2.93. The first-order valence-corrected chi connectivity index (χ1v) is 6.04. The number of likely N-dealkylation sites (N-methyl/N-ethyl adjacent to an activating group) is 1. The molecule has 2 heterocycles. The summed E-state index contributed by atoms with van der Waals surface area (Å²) in [5, 5.41) is 0. The minimum atomic E-state index is -0.323. The maximum Gasteiger partial charge on any atom is 0.217 e. The Kier molecular flexibility index (Phi) is 4.22. The fourth-order valence-electron chi connectivity index (χ4n) is 1.91. The minimum absolute atomic E-state index is 0.0372. The molecule has 1 aliphatic rings. The molecule has 2 rings (SSSR count). The molecule has 6 heteroatoms. The standard InChI is InChI=1S/C12H18N4O2/c1-16-4-5-18-11(8-16)10-7-14-6-9(15-10)2-3-12(13)17/h6-7,11H,2-5,8H2,1H3,(H2,13,17)/t11-/m0/s1. The number of primary amides is 1. The van der Waals surface area contributed by atoms with Gasteiger partial charge in [-0.15, -0.1) is 0 Å². The van der Waals surface area contributed by atoms with Gasteiger partial charge in [-0.2, -0.15) is 0 Å². The predicted molar refractivity (Wildman–Crippen MR) is 65.7 cm³/mol. The Balaban J connectivity index is 2.04. The molecule has 0 bridgehead atoms. The quantitative estimate of drug-likeness (QED) is 0.807. The van der Waals surface area contributed by atoms with Crippen molar-refractivity contribution in [1.29, 1.82) is 0 Å². The number of rotatable bonds is 4. The van der Waals surface area contributed by atoms with Crippen molar-refractivity contribution in [2.45, 2.75) is 18.9 Å². The van der Waals surface area contributed by atoms with E-state index < -0.39 is 0 Å². The summed E-state index contributed by atoms with van der Waals surface area (Å²) in [4.78, 5) is 21.6. The van der Waals surface area contributed by atoms with Gasteiger partial charge >= 0.3 is 0 Å². The van der Waals surface area contributed by atoms with Crippen molar-refractivity contribution in [3.63, 3.8) is 0 Å². The number of hydrogen-bond donors (Lipinski definition) is 1. The van der Waals surface area contributed by atoms with Crippen LogP contribution in [-0.4, -0.2) is 47.5 Å². The summed E-state index contributed by atoms with van der Waals surface area (Å²) in [6.07, 6.45) is 4.17. The second kappa shape index (κ2) is 5.88. The lowest BCUT2D eigenvalue weighted by Crippen LogP contribution is -2.35. The zero-order valence-electron chi connectivity index (χ0n) is 10.5. The molecule has 0 radical (unpaired) electrons. The SMILES string of the molecule is CN1CCO[C@H](c2cncc(CCC(N)=O)n2)C1. The first-order chi connectivity index (χ1) is 8.65. The minimum Gasteiger partial charge on any atom is -0.370 e. The van der Waals surface area contributed by atoms with Crippen LogP contribution in [-0.2, 0) is 16.0 Å². The molecule has 1 atom stereocenters. The van der Waals surface area contributed by atoms with Crippen molar-refractivity contribution in [2.75, 3.05) is 26.7 Å². The predicted octanol–water partition coefficient (Wildman–Crippen LogP) is -0.102. The highest BCUT2D eigenvalue weighted by Gasteiger charge is 2.21. The highest BCUT2D eigenvalue weighted by molar-refractivity contribution is 5.73. The van der Waals surface area contributed by atoms with E-state index in [-0.39, 0.29) is 12.0 Å². The van der Waals surface area contributed by atoms with Gasteiger partial charge in [0.1, 0.15) is 6.10 Å². The van der Waals surface area contributed by atoms with Gasteiger partial charge in [-0.3, -0.25) is 14.8 Å². The van der Waals surface area contributed by atoms with E-state index in [2.05, 4.69) is 21.9 Å². The molecule has 98 valence electrons. The Bertz CT molecular complexity index is 424. The third kappa shape index (κ3) is 3.48. The molecule has 1 amide bonds. The molecule has 1 aromatic rings. The van der Waals surface area contributed by atoms with Gasteiger partial charge in [-0.05, 0) is 13.5 Å². The number of nitrogens with zero attached hydrogens (tertiary/aromatic N) is 3. The monoisotopic (exact) mass is 250 g/mol. The Hall–Kier alpha value is -1.53. The fraction of sp³-hybridized carbons (Fsp3) is 0.583. The van der Waals surface area contributed by atoms with Crippen LogP contribution in [0.5, 0.6) is 0 Å². The summed E-state index contributed by atoms with van der Waals surface area (Å²) in [6.45, 7) is 2.45. The Labute approximate surface area is 106 Å². The van der Waals surface area contributed by atoms with E-state index >= 15 is 0 Å². The molecule has 0 aromatic carbocycles. The smallest absolute Gasteiger partial charge is 0.217 e. The molecule has 2 N–H and O–H groups in total. The van der Waals surface area contributed by atoms with Crippen LogP contribution in [0.1, 0.15) is 23.9 Å². The molecule has 1 fully saturated rings. The second-order valence-corrected chi connectivity index (χ2v) is 4.52. The van der Waals surface area contributed by atoms with Crippen LogP contribution in [0.2, 0.25) is 0 Å². The number of hydrogen-bond acceptors (Lipinski definition) is 5. The first-order valence-electron chi connectivity index (χ1n) is 6.04. The maximum atomic E-state index is 10.7. The average molecular weight is 250 g/mol. The van der Waals surface area contributed by atoms with Crippen molar-refractivity contribution in [1.82, 2.24) is 14.9 Å². The first kappa shape index (κ1) is 12.9. The molecular formula is C12H18N4O2. The summed E-state index contributed by atoms with van der Waals surface area (Å²) in [7, 11) is 2.06. The molecule has 1 aliphatic heterocycles. The number of aromatic nitrogens is 2. The fourth-order valence-corrected chi connectivity index (χ4v) is 1.91. The van der Waals surface area contributed by atoms with Crippen molar-refractivity contribution < 1.29 is 9.53 Å². The summed E-state index contributed by atoms with van der Waals surface area (Å²) in [6, 6.07) is 0. The molecule has 0 aliphatic carbocycles. The Morgan fingerprint density at radius 3 is 3.17 bits per heavy atom. The van der Waals surface area contributed by atoms with Crippen molar-refractivity contribution in [3.05, 3.63) is 23.8 Å². The summed E-state index contributed by atoms with van der Waals surface area (Å²) in [5.74, 6) is -0.323. The molecule has 0 saturated carbocycles. The number of nitrogens with two attached hydrogens (primary N) is 1. The molecule has 1 aromatic heterocycles. The van der Waals surface area contributed by atoms with Gasteiger partial charge in [0, 0.05) is 25.7 Å². The maximum absolute atomic E-state index is 10.7. The van der Waals surface area contributed by atoms with Gasteiger partial charge in [0.15, 0.2) is 0 Å². The second-order valence-electron chi connectivity index (χ2n) is 4.52. The zero-order chi connectivity index (χ0) is 13.0. The van der Waals surface area contributed by atoms with Crippen molar-refractivity contribution >= 4 is 5.91 Å². The lowest BCUT2D eigenvalue weighted by Gasteiger charge is -2.29. The zero-order valence-corrected chi connectivity index (χ0v) is 10.5. The van der Waals surface area contributed by atoms with Gasteiger partial charge in [0.25, 0.3) is 0 Å². The van der Waals surface area contributed by atoms with E-state index in [9.17, 15) is 4.79 Å². The number of ether oxygens (including phenoxy) is 1. The number of morpholine rings is 1. The molecule has 0 spiro atoms. The van der Waals surface area contributed by atoms with E-state index in [4.69, 9.17) is 10.5 Å². The molecule has 0 unspecified atom stereocenters. The highest BCUT2D eigenvalue weighted by Crippen LogP contribution is 2.19. The van der Waals surface area contributed by atoms with Crippen LogP contribution in [0.4, 0.5) is 0 Å². The molecular weight excluding hydrogens is 232 g/mol. The van der Waals surface area contributed by atoms with E-state index in [0.29, 0.717) is 19.4 Å². The van der Waals surface area contributed by atoms with Crippen LogP contribution < -0.4 is 5.73 Å². The molecule has 6 nitrogen and oxygen atoms in total. The van der Waals surface area contributed by atoms with E-state index in [1.54, 1.807) is 12.4 Å². The van der Waals surface area contributed by atoms with Gasteiger partial charge in [0.05, 0.1) is 24.2 Å². The average Bonchev–Trinajstić information content (AvgIpc) is 2.37. The third-order valence-electron chi connectivity index (χ3n) is 2.93. The van der Waals surface area contributed by atoms with Gasteiger partial charge < -0.3 is 15.4 Å². The van der Waals surface area contributed by atoms with Gasteiger partial charge in [-0.1, -0.05) is 0 Å². The van der Waals surface area contributed by atoms with E-state index in [1.807, 2.05) is 0 Å². The van der Waals surface area contributed by atoms with Crippen LogP contribution in [0, 0.1) is 0 Å². The lowest BCUT2D eigenvalue weighted by atomic mass is 10.2. The van der Waals surface area contributed by atoms with Crippen molar-refractivity contribution in [3.8, 4) is 0 Å². The van der Waals surface area contributed by atoms with Crippen molar-refractivity contribution in [2.24, 2.45) is 5.73 Å². The normalized spacial score (nSPS) is 20.8. The van der Waals surface area contributed by atoms with E-state index in [0.717, 1.165) is 24.5 Å². The van der Waals surface area contributed by atoms with Crippen LogP contribution in [0.25, 0.3) is 0 Å². The summed E-state index contributed by atoms with van der Waals surface area (Å²) < 4.78 is 5.68. The van der Waals surface area contributed by atoms with Gasteiger partial charge in [0.2, 0.25) is 5.91 Å². The van der Waals surface area contributed by atoms with Crippen LogP contribution >= 0.6 is 0 Å². The number of amides is 1. The van der Waals surface area contributed by atoms with Crippen LogP contribution in [0.15, 0.2) is 12.4 Å². The molecule has 1 saturated heterocycles. The Morgan fingerprint density at radius 2 is 2.44 bits per heavy atom. The topological polar surface area (TPSA) is 81.3 Å². The largest absolute Gasteiger partial charge is 0.370 e. The number of aryl methyl sites for hydroxylation is 1. The highest BCUT2D eigenvalue weighted by atomic mass is 16.5. The molecule has 18 heavy (non-hydrogen) atoms. The number of carbonyl (C=O) groups excluding carboxylic acids is 1. The lowest BCUT2D eigenvalue weighted by molar-refractivity contribution is -0.118.